The molecule has 20 heavy (non-hydrogen) atoms. The molecule has 106 valence electrons. The van der Waals surface area contributed by atoms with Gasteiger partial charge in [0.15, 0.2) is 0 Å². The molecule has 0 aliphatic carbocycles. The van der Waals surface area contributed by atoms with Crippen LogP contribution in [0, 0.1) is 0 Å². The van der Waals surface area contributed by atoms with Crippen LogP contribution in [-0.2, 0) is 13.6 Å². The first-order valence-corrected chi connectivity index (χ1v) is 8.17. The SMILES string of the molecule is CC1SCCN(Cc2nccn2C)C1c1ccccc1. The maximum atomic E-state index is 4.48. The molecule has 3 rings (SSSR count). The quantitative estimate of drug-likeness (QED) is 0.865. The lowest BCUT2D eigenvalue weighted by Gasteiger charge is -2.39. The molecule has 1 aromatic carbocycles. The van der Waals surface area contributed by atoms with E-state index in [2.05, 4.69) is 70.5 Å². The third-order valence-corrected chi connectivity index (χ3v) is 5.21. The largest absolute Gasteiger partial charge is 0.337 e. The van der Waals surface area contributed by atoms with E-state index in [4.69, 9.17) is 0 Å². The molecule has 1 saturated heterocycles. The summed E-state index contributed by atoms with van der Waals surface area (Å²) in [5, 5.41) is 0.617. The van der Waals surface area contributed by atoms with Crippen LogP contribution in [0.15, 0.2) is 42.7 Å². The van der Waals surface area contributed by atoms with Crippen molar-refractivity contribution in [2.24, 2.45) is 7.05 Å². The second-order valence-electron chi connectivity index (χ2n) is 5.36. The van der Waals surface area contributed by atoms with Gasteiger partial charge in [-0.05, 0) is 5.56 Å². The average molecular weight is 287 g/mol. The summed E-state index contributed by atoms with van der Waals surface area (Å²) in [7, 11) is 2.07. The zero-order valence-electron chi connectivity index (χ0n) is 12.1. The summed E-state index contributed by atoms with van der Waals surface area (Å²) in [6.45, 7) is 4.39. The van der Waals surface area contributed by atoms with Crippen molar-refractivity contribution >= 4 is 11.8 Å². The van der Waals surface area contributed by atoms with Crippen LogP contribution in [0.25, 0.3) is 0 Å². The lowest BCUT2D eigenvalue weighted by molar-refractivity contribution is 0.185. The third kappa shape index (κ3) is 2.76. The molecule has 2 heterocycles. The van der Waals surface area contributed by atoms with E-state index >= 15 is 0 Å². The minimum absolute atomic E-state index is 0.478. The molecule has 0 radical (unpaired) electrons. The maximum absolute atomic E-state index is 4.48. The van der Waals surface area contributed by atoms with Gasteiger partial charge in [-0.1, -0.05) is 37.3 Å². The number of hydrogen-bond donors (Lipinski definition) is 0. The summed E-state index contributed by atoms with van der Waals surface area (Å²) < 4.78 is 2.12. The molecule has 2 unspecified atom stereocenters. The Bertz CT molecular complexity index is 552. The Kier molecular flexibility index (Phi) is 4.13. The van der Waals surface area contributed by atoms with Crippen LogP contribution in [-0.4, -0.2) is 32.0 Å². The van der Waals surface area contributed by atoms with Gasteiger partial charge in [-0.3, -0.25) is 4.90 Å². The molecule has 1 aliphatic rings. The van der Waals surface area contributed by atoms with Crippen LogP contribution in [0.2, 0.25) is 0 Å². The first-order chi connectivity index (χ1) is 9.75. The Morgan fingerprint density at radius 2 is 2.10 bits per heavy atom. The molecule has 3 nitrogen and oxygen atoms in total. The first kappa shape index (κ1) is 13.7. The van der Waals surface area contributed by atoms with Gasteiger partial charge in [-0.15, -0.1) is 0 Å². The number of imidazole rings is 1. The number of rotatable bonds is 3. The molecule has 4 heteroatoms. The number of aromatic nitrogens is 2. The average Bonchev–Trinajstić information content (AvgIpc) is 2.85. The van der Waals surface area contributed by atoms with Crippen LogP contribution < -0.4 is 0 Å². The zero-order valence-corrected chi connectivity index (χ0v) is 12.9. The van der Waals surface area contributed by atoms with E-state index in [9.17, 15) is 0 Å². The second kappa shape index (κ2) is 6.02. The van der Waals surface area contributed by atoms with Crippen molar-refractivity contribution in [2.75, 3.05) is 12.3 Å². The lowest BCUT2D eigenvalue weighted by atomic mass is 10.0. The van der Waals surface area contributed by atoms with E-state index in [-0.39, 0.29) is 0 Å². The lowest BCUT2D eigenvalue weighted by Crippen LogP contribution is -2.40. The summed E-state index contributed by atoms with van der Waals surface area (Å²) in [5.74, 6) is 2.35. The van der Waals surface area contributed by atoms with Gasteiger partial charge in [-0.25, -0.2) is 4.98 Å². The van der Waals surface area contributed by atoms with Crippen LogP contribution in [0.1, 0.15) is 24.4 Å². The van der Waals surface area contributed by atoms with Gasteiger partial charge < -0.3 is 4.57 Å². The molecule has 1 fully saturated rings. The maximum Gasteiger partial charge on any atom is 0.122 e. The topological polar surface area (TPSA) is 21.1 Å². The number of nitrogens with zero attached hydrogens (tertiary/aromatic N) is 3. The van der Waals surface area contributed by atoms with Gasteiger partial charge in [-0.2, -0.15) is 11.8 Å². The highest BCUT2D eigenvalue weighted by molar-refractivity contribution is 8.00. The number of aryl methyl sites for hydroxylation is 1. The van der Waals surface area contributed by atoms with E-state index in [0.29, 0.717) is 11.3 Å². The second-order valence-corrected chi connectivity index (χ2v) is 6.84. The number of benzene rings is 1. The van der Waals surface area contributed by atoms with Gasteiger partial charge >= 0.3 is 0 Å². The van der Waals surface area contributed by atoms with Crippen LogP contribution in [0.5, 0.6) is 0 Å². The van der Waals surface area contributed by atoms with Crippen molar-refractivity contribution in [3.8, 4) is 0 Å². The number of thioether (sulfide) groups is 1. The molecule has 0 bridgehead atoms. The van der Waals surface area contributed by atoms with Crippen LogP contribution >= 0.6 is 11.8 Å². The summed E-state index contributed by atoms with van der Waals surface area (Å²) in [5.41, 5.74) is 1.42. The van der Waals surface area contributed by atoms with Crippen molar-refractivity contribution < 1.29 is 0 Å². The molecule has 1 aliphatic heterocycles. The van der Waals surface area contributed by atoms with Crippen molar-refractivity contribution in [1.29, 1.82) is 0 Å². The van der Waals surface area contributed by atoms with Crippen LogP contribution in [0.3, 0.4) is 0 Å². The molecule has 0 N–H and O–H groups in total. The summed E-state index contributed by atoms with van der Waals surface area (Å²) in [6.07, 6.45) is 3.91. The normalized spacial score (nSPS) is 23.9. The molecule has 2 atom stereocenters. The first-order valence-electron chi connectivity index (χ1n) is 7.12. The fraction of sp³-hybridized carbons (Fsp3) is 0.438. The molecule has 1 aromatic heterocycles. The van der Waals surface area contributed by atoms with Gasteiger partial charge in [0.2, 0.25) is 0 Å². The van der Waals surface area contributed by atoms with Crippen LogP contribution in [0.4, 0.5) is 0 Å². The standard InChI is InChI=1S/C16H21N3S/c1-13-16(14-6-4-3-5-7-14)19(10-11-20-13)12-15-17-8-9-18(15)2/h3-9,13,16H,10-12H2,1-2H3. The monoisotopic (exact) mass is 287 g/mol. The van der Waals surface area contributed by atoms with Crippen molar-refractivity contribution in [3.63, 3.8) is 0 Å². The van der Waals surface area contributed by atoms with E-state index in [1.807, 2.05) is 12.4 Å². The number of hydrogen-bond acceptors (Lipinski definition) is 3. The van der Waals surface area contributed by atoms with Crippen molar-refractivity contribution in [3.05, 3.63) is 54.1 Å². The molecule has 0 spiro atoms. The van der Waals surface area contributed by atoms with Gasteiger partial charge in [0.1, 0.15) is 5.82 Å². The van der Waals surface area contributed by atoms with Gasteiger partial charge in [0.25, 0.3) is 0 Å². The highest BCUT2D eigenvalue weighted by atomic mass is 32.2. The minimum Gasteiger partial charge on any atom is -0.337 e. The highest BCUT2D eigenvalue weighted by Gasteiger charge is 2.30. The van der Waals surface area contributed by atoms with E-state index in [1.54, 1.807) is 0 Å². The fourth-order valence-electron chi connectivity index (χ4n) is 2.92. The Balaban J connectivity index is 1.85. The van der Waals surface area contributed by atoms with Crippen molar-refractivity contribution in [1.82, 2.24) is 14.5 Å². The highest BCUT2D eigenvalue weighted by Crippen LogP contribution is 2.36. The van der Waals surface area contributed by atoms with E-state index < -0.39 is 0 Å². The fourth-order valence-corrected chi connectivity index (χ4v) is 4.15. The smallest absolute Gasteiger partial charge is 0.122 e. The third-order valence-electron chi connectivity index (χ3n) is 4.00. The Labute approximate surface area is 125 Å². The predicted octanol–water partition coefficient (Wildman–Crippen LogP) is 3.10. The summed E-state index contributed by atoms with van der Waals surface area (Å²) in [4.78, 5) is 7.05. The molecular formula is C16H21N3S. The zero-order chi connectivity index (χ0) is 13.9. The predicted molar refractivity (Wildman–Crippen MR) is 84.7 cm³/mol. The Hall–Kier alpha value is -1.26. The van der Waals surface area contributed by atoms with Crippen molar-refractivity contribution in [2.45, 2.75) is 24.8 Å². The van der Waals surface area contributed by atoms with E-state index in [1.165, 1.54) is 11.3 Å². The molecule has 0 amide bonds. The van der Waals surface area contributed by atoms with E-state index in [0.717, 1.165) is 18.9 Å². The molecular weight excluding hydrogens is 266 g/mol. The summed E-state index contributed by atoms with van der Waals surface area (Å²) in [6, 6.07) is 11.3. The molecule has 0 saturated carbocycles. The summed E-state index contributed by atoms with van der Waals surface area (Å²) >= 11 is 2.07. The Morgan fingerprint density at radius 1 is 1.30 bits per heavy atom. The minimum atomic E-state index is 0.478. The van der Waals surface area contributed by atoms with Gasteiger partial charge in [0, 0.05) is 43.0 Å². The van der Waals surface area contributed by atoms with Gasteiger partial charge in [0.05, 0.1) is 6.54 Å². The Morgan fingerprint density at radius 3 is 2.80 bits per heavy atom. The molecule has 2 aromatic rings.